The molecule has 0 unspecified atom stereocenters. The first kappa shape index (κ1) is 14.7. The number of carbonyl (C=O) groups is 2. The number of anilines is 2. The van der Waals surface area contributed by atoms with E-state index in [4.69, 9.17) is 5.21 Å². The molecule has 1 atom stereocenters. The van der Waals surface area contributed by atoms with E-state index in [1.54, 1.807) is 24.3 Å². The van der Waals surface area contributed by atoms with E-state index in [-0.39, 0.29) is 0 Å². The van der Waals surface area contributed by atoms with Crippen LogP contribution in [-0.4, -0.2) is 17.0 Å². The minimum Gasteiger partial charge on any atom is -0.289 e. The molecule has 0 saturated heterocycles. The SMILES string of the molecule is C[C@@H](C(=O)NO)C(=O)N(c1ccccc1)c1ccccc1. The first-order chi connectivity index (χ1) is 10.1. The van der Waals surface area contributed by atoms with Crippen molar-refractivity contribution < 1.29 is 14.8 Å². The van der Waals surface area contributed by atoms with Crippen LogP contribution >= 0.6 is 0 Å². The summed E-state index contributed by atoms with van der Waals surface area (Å²) in [6.07, 6.45) is 0. The van der Waals surface area contributed by atoms with Crippen LogP contribution in [0.2, 0.25) is 0 Å². The van der Waals surface area contributed by atoms with Gasteiger partial charge in [-0.05, 0) is 31.2 Å². The average molecular weight is 284 g/mol. The monoisotopic (exact) mass is 284 g/mol. The maximum Gasteiger partial charge on any atom is 0.255 e. The van der Waals surface area contributed by atoms with Gasteiger partial charge in [0.15, 0.2) is 0 Å². The highest BCUT2D eigenvalue weighted by Crippen LogP contribution is 2.26. The zero-order chi connectivity index (χ0) is 15.2. The number of rotatable bonds is 4. The molecule has 108 valence electrons. The predicted molar refractivity (Wildman–Crippen MR) is 79.1 cm³/mol. The molecule has 2 N–H and O–H groups in total. The standard InChI is InChI=1S/C16H16N2O3/c1-12(15(19)17-21)16(20)18(13-8-4-2-5-9-13)14-10-6-3-7-11-14/h2-12,21H,1H3,(H,17,19)/t12-/m0/s1. The summed E-state index contributed by atoms with van der Waals surface area (Å²) in [6, 6.07) is 18.1. The van der Waals surface area contributed by atoms with Gasteiger partial charge < -0.3 is 0 Å². The van der Waals surface area contributed by atoms with Crippen molar-refractivity contribution in [1.29, 1.82) is 0 Å². The van der Waals surface area contributed by atoms with Crippen LogP contribution in [0.25, 0.3) is 0 Å². The molecule has 0 spiro atoms. The molecule has 2 aromatic carbocycles. The Balaban J connectivity index is 2.42. The lowest BCUT2D eigenvalue weighted by Crippen LogP contribution is -2.39. The number of para-hydroxylation sites is 2. The average Bonchev–Trinajstić information content (AvgIpc) is 2.55. The van der Waals surface area contributed by atoms with Crippen LogP contribution in [0.15, 0.2) is 60.7 Å². The van der Waals surface area contributed by atoms with Crippen molar-refractivity contribution in [3.8, 4) is 0 Å². The minimum atomic E-state index is -1.00. The molecule has 0 aromatic heterocycles. The Morgan fingerprint density at radius 3 is 1.76 bits per heavy atom. The summed E-state index contributed by atoms with van der Waals surface area (Å²) in [4.78, 5) is 25.6. The zero-order valence-corrected chi connectivity index (χ0v) is 11.6. The smallest absolute Gasteiger partial charge is 0.255 e. The number of amides is 2. The predicted octanol–water partition coefficient (Wildman–Crippen LogP) is 2.49. The lowest BCUT2D eigenvalue weighted by atomic mass is 10.1. The largest absolute Gasteiger partial charge is 0.289 e. The fourth-order valence-corrected chi connectivity index (χ4v) is 1.96. The molecule has 0 saturated carbocycles. The fraction of sp³-hybridized carbons (Fsp3) is 0.125. The zero-order valence-electron chi connectivity index (χ0n) is 11.6. The van der Waals surface area contributed by atoms with Gasteiger partial charge in [0, 0.05) is 11.4 Å². The molecule has 2 amide bonds. The topological polar surface area (TPSA) is 69.6 Å². The highest BCUT2D eigenvalue weighted by molar-refractivity contribution is 6.10. The van der Waals surface area contributed by atoms with Crippen molar-refractivity contribution in [2.75, 3.05) is 4.90 Å². The molecule has 0 aliphatic rings. The van der Waals surface area contributed by atoms with Crippen molar-refractivity contribution in [1.82, 2.24) is 5.48 Å². The van der Waals surface area contributed by atoms with Gasteiger partial charge in [0.25, 0.3) is 5.91 Å². The second-order valence-electron chi connectivity index (χ2n) is 4.54. The number of carbonyl (C=O) groups excluding carboxylic acids is 2. The van der Waals surface area contributed by atoms with Gasteiger partial charge in [-0.25, -0.2) is 5.48 Å². The van der Waals surface area contributed by atoms with E-state index in [0.29, 0.717) is 11.4 Å². The van der Waals surface area contributed by atoms with E-state index in [1.807, 2.05) is 36.4 Å². The molecule has 0 radical (unpaired) electrons. The van der Waals surface area contributed by atoms with E-state index in [9.17, 15) is 9.59 Å². The highest BCUT2D eigenvalue weighted by Gasteiger charge is 2.28. The van der Waals surface area contributed by atoms with Crippen LogP contribution in [0.5, 0.6) is 0 Å². The third-order valence-electron chi connectivity index (χ3n) is 3.12. The van der Waals surface area contributed by atoms with Gasteiger partial charge in [-0.3, -0.25) is 19.7 Å². The molecule has 21 heavy (non-hydrogen) atoms. The highest BCUT2D eigenvalue weighted by atomic mass is 16.5. The quantitative estimate of drug-likeness (QED) is 0.515. The molecular weight excluding hydrogens is 268 g/mol. The minimum absolute atomic E-state index is 0.418. The van der Waals surface area contributed by atoms with Gasteiger partial charge in [-0.15, -0.1) is 0 Å². The van der Waals surface area contributed by atoms with Gasteiger partial charge in [-0.1, -0.05) is 36.4 Å². The van der Waals surface area contributed by atoms with Crippen molar-refractivity contribution in [3.05, 3.63) is 60.7 Å². The van der Waals surface area contributed by atoms with Crippen LogP contribution in [0.4, 0.5) is 11.4 Å². The first-order valence-corrected chi connectivity index (χ1v) is 6.53. The van der Waals surface area contributed by atoms with Crippen molar-refractivity contribution in [2.45, 2.75) is 6.92 Å². The summed E-state index contributed by atoms with van der Waals surface area (Å²) >= 11 is 0. The van der Waals surface area contributed by atoms with Crippen molar-refractivity contribution >= 4 is 23.2 Å². The lowest BCUT2D eigenvalue weighted by molar-refractivity contribution is -0.138. The van der Waals surface area contributed by atoms with Crippen LogP contribution < -0.4 is 10.4 Å². The summed E-state index contributed by atoms with van der Waals surface area (Å²) in [5.41, 5.74) is 2.83. The Kier molecular flexibility index (Phi) is 4.68. The van der Waals surface area contributed by atoms with Crippen LogP contribution in [0.1, 0.15) is 6.92 Å². The Morgan fingerprint density at radius 1 is 0.952 bits per heavy atom. The molecule has 0 fully saturated rings. The van der Waals surface area contributed by atoms with Crippen LogP contribution in [0, 0.1) is 5.92 Å². The second-order valence-corrected chi connectivity index (χ2v) is 4.54. The Labute approximate surface area is 122 Å². The van der Waals surface area contributed by atoms with E-state index in [1.165, 1.54) is 17.3 Å². The Morgan fingerprint density at radius 2 is 1.38 bits per heavy atom. The molecule has 2 aromatic rings. The number of nitrogens with zero attached hydrogens (tertiary/aromatic N) is 1. The van der Waals surface area contributed by atoms with Crippen molar-refractivity contribution in [3.63, 3.8) is 0 Å². The first-order valence-electron chi connectivity index (χ1n) is 6.53. The van der Waals surface area contributed by atoms with E-state index in [2.05, 4.69) is 0 Å². The summed E-state index contributed by atoms with van der Waals surface area (Å²) in [5, 5.41) is 8.71. The summed E-state index contributed by atoms with van der Waals surface area (Å²) < 4.78 is 0. The van der Waals surface area contributed by atoms with E-state index < -0.39 is 17.7 Å². The number of benzene rings is 2. The van der Waals surface area contributed by atoms with Gasteiger partial charge in [0.05, 0.1) is 0 Å². The Hall–Kier alpha value is -2.66. The molecule has 0 bridgehead atoms. The van der Waals surface area contributed by atoms with E-state index in [0.717, 1.165) is 0 Å². The lowest BCUT2D eigenvalue weighted by Gasteiger charge is -2.25. The maximum absolute atomic E-state index is 12.6. The van der Waals surface area contributed by atoms with Crippen LogP contribution in [0.3, 0.4) is 0 Å². The van der Waals surface area contributed by atoms with Gasteiger partial charge >= 0.3 is 0 Å². The van der Waals surface area contributed by atoms with E-state index >= 15 is 0 Å². The molecule has 5 nitrogen and oxygen atoms in total. The summed E-state index contributed by atoms with van der Waals surface area (Å²) in [5.74, 6) is -2.16. The second kappa shape index (κ2) is 6.67. The molecule has 5 heteroatoms. The molecule has 0 aliphatic carbocycles. The van der Waals surface area contributed by atoms with Gasteiger partial charge in [0.2, 0.25) is 5.91 Å². The number of hydroxylamine groups is 1. The summed E-state index contributed by atoms with van der Waals surface area (Å²) in [6.45, 7) is 1.45. The fourth-order valence-electron chi connectivity index (χ4n) is 1.96. The van der Waals surface area contributed by atoms with Gasteiger partial charge in [-0.2, -0.15) is 0 Å². The molecule has 0 heterocycles. The molecule has 0 aliphatic heterocycles. The summed E-state index contributed by atoms with van der Waals surface area (Å²) in [7, 11) is 0. The van der Waals surface area contributed by atoms with Crippen molar-refractivity contribution in [2.24, 2.45) is 5.92 Å². The van der Waals surface area contributed by atoms with Crippen LogP contribution in [-0.2, 0) is 9.59 Å². The third kappa shape index (κ3) is 3.27. The number of hydrogen-bond donors (Lipinski definition) is 2. The van der Waals surface area contributed by atoms with Gasteiger partial charge in [0.1, 0.15) is 5.92 Å². The number of hydrogen-bond acceptors (Lipinski definition) is 3. The molecular formula is C16H16N2O3. The maximum atomic E-state index is 12.6. The third-order valence-corrected chi connectivity index (χ3v) is 3.12. The number of nitrogens with one attached hydrogen (secondary N) is 1. The Bertz CT molecular complexity index is 574. The molecule has 2 rings (SSSR count). The normalized spacial score (nSPS) is 11.5.